The van der Waals surface area contributed by atoms with Gasteiger partial charge in [-0.05, 0) is 35.9 Å². The van der Waals surface area contributed by atoms with Crippen LogP contribution in [-0.2, 0) is 6.54 Å². The van der Waals surface area contributed by atoms with Crippen LogP contribution >= 0.6 is 11.6 Å². The van der Waals surface area contributed by atoms with Crippen molar-refractivity contribution in [3.63, 3.8) is 0 Å². The summed E-state index contributed by atoms with van der Waals surface area (Å²) in [6.07, 6.45) is 1.70. The van der Waals surface area contributed by atoms with Crippen LogP contribution in [0.3, 0.4) is 0 Å². The quantitative estimate of drug-likeness (QED) is 0.526. The maximum absolute atomic E-state index is 13.0. The molecule has 2 heterocycles. The molecule has 1 aromatic carbocycles. The summed E-state index contributed by atoms with van der Waals surface area (Å²) in [5, 5.41) is 0.465. The molecule has 126 valence electrons. The van der Waals surface area contributed by atoms with Gasteiger partial charge in [0.2, 0.25) is 0 Å². The van der Waals surface area contributed by atoms with E-state index >= 15 is 0 Å². The van der Waals surface area contributed by atoms with Crippen LogP contribution in [0.25, 0.3) is 0 Å². The average molecular weight is 348 g/mol. The molecule has 7 heteroatoms. The minimum atomic E-state index is -0.217. The molecule has 1 fully saturated rings. The Morgan fingerprint density at radius 3 is 2.46 bits per heavy atom. The molecule has 0 amide bonds. The van der Waals surface area contributed by atoms with Crippen LogP contribution in [0.2, 0.25) is 5.15 Å². The van der Waals surface area contributed by atoms with E-state index in [0.29, 0.717) is 17.7 Å². The van der Waals surface area contributed by atoms with Gasteiger partial charge in [-0.25, -0.2) is 14.4 Å². The number of anilines is 1. The number of hydrogen-bond donors (Lipinski definition) is 1. The fraction of sp³-hybridized carbons (Fsp3) is 0.294. The third kappa shape index (κ3) is 4.14. The summed E-state index contributed by atoms with van der Waals surface area (Å²) < 4.78 is 13.0. The highest BCUT2D eigenvalue weighted by Crippen LogP contribution is 2.17. The van der Waals surface area contributed by atoms with Gasteiger partial charge in [0.15, 0.2) is 5.96 Å². The molecule has 1 aliphatic rings. The Balaban J connectivity index is 1.54. The second kappa shape index (κ2) is 7.49. The maximum atomic E-state index is 13.0. The van der Waals surface area contributed by atoms with Crippen molar-refractivity contribution in [2.45, 2.75) is 6.54 Å². The summed E-state index contributed by atoms with van der Waals surface area (Å²) in [6, 6.07) is 10.2. The Hall–Kier alpha value is -2.34. The van der Waals surface area contributed by atoms with Crippen molar-refractivity contribution < 1.29 is 4.39 Å². The highest BCUT2D eigenvalue weighted by Gasteiger charge is 2.18. The predicted octanol–water partition coefficient (Wildman–Crippen LogP) is 2.51. The number of benzene rings is 1. The lowest BCUT2D eigenvalue weighted by atomic mass is 10.2. The number of piperazine rings is 1. The first kappa shape index (κ1) is 16.5. The lowest BCUT2D eigenvalue weighted by molar-refractivity contribution is 0.380. The zero-order valence-electron chi connectivity index (χ0n) is 13.2. The lowest BCUT2D eigenvalue weighted by Gasteiger charge is -2.36. The molecule has 3 rings (SSSR count). The summed E-state index contributed by atoms with van der Waals surface area (Å²) in [5.41, 5.74) is 8.08. The van der Waals surface area contributed by atoms with Crippen LogP contribution in [-0.4, -0.2) is 42.0 Å². The van der Waals surface area contributed by atoms with E-state index in [4.69, 9.17) is 17.3 Å². The summed E-state index contributed by atoms with van der Waals surface area (Å²) in [7, 11) is 0. The first-order valence-electron chi connectivity index (χ1n) is 7.77. The number of halogens is 2. The fourth-order valence-corrected chi connectivity index (χ4v) is 2.73. The molecule has 2 N–H and O–H groups in total. The van der Waals surface area contributed by atoms with Crippen molar-refractivity contribution in [3.8, 4) is 0 Å². The van der Waals surface area contributed by atoms with E-state index in [1.807, 2.05) is 6.07 Å². The van der Waals surface area contributed by atoms with Gasteiger partial charge in [-0.1, -0.05) is 17.7 Å². The molecule has 1 saturated heterocycles. The van der Waals surface area contributed by atoms with Gasteiger partial charge in [0.05, 0.1) is 6.54 Å². The third-order valence-electron chi connectivity index (χ3n) is 4.01. The minimum Gasteiger partial charge on any atom is -0.370 e. The van der Waals surface area contributed by atoms with Crippen LogP contribution < -0.4 is 10.6 Å². The van der Waals surface area contributed by atoms with E-state index in [2.05, 4.69) is 19.8 Å². The first-order chi connectivity index (χ1) is 11.6. The van der Waals surface area contributed by atoms with Gasteiger partial charge in [0, 0.05) is 38.1 Å². The number of aromatic nitrogens is 1. The number of aliphatic imine (C=N–C) groups is 1. The second-order valence-corrected chi connectivity index (χ2v) is 6.00. The van der Waals surface area contributed by atoms with E-state index < -0.39 is 0 Å². The average Bonchev–Trinajstić information content (AvgIpc) is 2.62. The maximum Gasteiger partial charge on any atom is 0.191 e. The van der Waals surface area contributed by atoms with Crippen LogP contribution in [0.1, 0.15) is 5.56 Å². The number of pyridine rings is 1. The van der Waals surface area contributed by atoms with Crippen molar-refractivity contribution in [2.24, 2.45) is 10.7 Å². The molecule has 0 bridgehead atoms. The van der Waals surface area contributed by atoms with E-state index in [0.717, 1.165) is 37.4 Å². The van der Waals surface area contributed by atoms with Crippen molar-refractivity contribution >= 4 is 23.2 Å². The standard InChI is InChI=1S/C17H19ClFN5/c18-16-6-1-13(11-21-16)12-22-17(20)24-9-7-23(8-10-24)15-4-2-14(19)3-5-15/h1-6,11H,7-10,12H2,(H2,20,22). The Morgan fingerprint density at radius 1 is 1.12 bits per heavy atom. The van der Waals surface area contributed by atoms with Gasteiger partial charge >= 0.3 is 0 Å². The number of guanidine groups is 1. The molecule has 0 radical (unpaired) electrons. The van der Waals surface area contributed by atoms with Gasteiger partial charge in [-0.15, -0.1) is 0 Å². The lowest BCUT2D eigenvalue weighted by Crippen LogP contribution is -2.51. The molecule has 0 spiro atoms. The second-order valence-electron chi connectivity index (χ2n) is 5.61. The highest BCUT2D eigenvalue weighted by atomic mass is 35.5. The monoisotopic (exact) mass is 347 g/mol. The Bertz CT molecular complexity index is 694. The normalized spacial score (nSPS) is 15.7. The third-order valence-corrected chi connectivity index (χ3v) is 4.23. The van der Waals surface area contributed by atoms with Crippen LogP contribution in [0.5, 0.6) is 0 Å². The summed E-state index contributed by atoms with van der Waals surface area (Å²) in [5.74, 6) is 0.314. The van der Waals surface area contributed by atoms with Crippen molar-refractivity contribution in [3.05, 3.63) is 59.1 Å². The number of nitrogens with zero attached hydrogens (tertiary/aromatic N) is 4. The van der Waals surface area contributed by atoms with Crippen molar-refractivity contribution in [1.82, 2.24) is 9.88 Å². The molecule has 0 atom stereocenters. The zero-order valence-corrected chi connectivity index (χ0v) is 14.0. The molecule has 2 aromatic rings. The predicted molar refractivity (Wildman–Crippen MR) is 94.8 cm³/mol. The van der Waals surface area contributed by atoms with Gasteiger partial charge in [-0.3, -0.25) is 0 Å². The van der Waals surface area contributed by atoms with Crippen molar-refractivity contribution in [2.75, 3.05) is 31.1 Å². The molecule has 0 unspecified atom stereocenters. The molecule has 24 heavy (non-hydrogen) atoms. The summed E-state index contributed by atoms with van der Waals surface area (Å²) >= 11 is 5.76. The molecule has 5 nitrogen and oxygen atoms in total. The van der Waals surface area contributed by atoms with Gasteiger partial charge < -0.3 is 15.5 Å². The van der Waals surface area contributed by atoms with E-state index in [-0.39, 0.29) is 5.82 Å². The SMILES string of the molecule is NC(=NCc1ccc(Cl)nc1)N1CCN(c2ccc(F)cc2)CC1. The Morgan fingerprint density at radius 2 is 1.83 bits per heavy atom. The Labute approximate surface area is 145 Å². The number of nitrogens with two attached hydrogens (primary N) is 1. The van der Waals surface area contributed by atoms with Crippen molar-refractivity contribution in [1.29, 1.82) is 0 Å². The van der Waals surface area contributed by atoms with Gasteiger partial charge in [-0.2, -0.15) is 0 Å². The van der Waals surface area contributed by atoms with E-state index in [1.165, 1.54) is 12.1 Å². The molecule has 1 aromatic heterocycles. The molecule has 0 saturated carbocycles. The Kier molecular flexibility index (Phi) is 5.15. The molecule has 1 aliphatic heterocycles. The minimum absolute atomic E-state index is 0.217. The van der Waals surface area contributed by atoms with Gasteiger partial charge in [0.1, 0.15) is 11.0 Å². The van der Waals surface area contributed by atoms with Crippen LogP contribution in [0.4, 0.5) is 10.1 Å². The number of hydrogen-bond acceptors (Lipinski definition) is 3. The van der Waals surface area contributed by atoms with Crippen LogP contribution in [0, 0.1) is 5.82 Å². The zero-order chi connectivity index (χ0) is 16.9. The fourth-order valence-electron chi connectivity index (χ4n) is 2.62. The smallest absolute Gasteiger partial charge is 0.191 e. The number of rotatable bonds is 3. The molecular formula is C17H19ClFN5. The summed E-state index contributed by atoms with van der Waals surface area (Å²) in [4.78, 5) is 12.7. The largest absolute Gasteiger partial charge is 0.370 e. The van der Waals surface area contributed by atoms with E-state index in [1.54, 1.807) is 24.4 Å². The molecule has 0 aliphatic carbocycles. The highest BCUT2D eigenvalue weighted by molar-refractivity contribution is 6.29. The first-order valence-corrected chi connectivity index (χ1v) is 8.15. The van der Waals surface area contributed by atoms with Crippen LogP contribution in [0.15, 0.2) is 47.6 Å². The molecular weight excluding hydrogens is 329 g/mol. The van der Waals surface area contributed by atoms with E-state index in [9.17, 15) is 4.39 Å². The topological polar surface area (TPSA) is 57.8 Å². The van der Waals surface area contributed by atoms with Gasteiger partial charge in [0.25, 0.3) is 0 Å². The summed E-state index contributed by atoms with van der Waals surface area (Å²) in [6.45, 7) is 3.69.